The number of hydrogen-bond donors (Lipinski definition) is 3. The summed E-state index contributed by atoms with van der Waals surface area (Å²) in [6.07, 6.45) is -21.0. The minimum absolute atomic E-state index is 0.799. The molecule has 12 heteroatoms. The molecule has 3 N–H and O–H groups in total. The van der Waals surface area contributed by atoms with E-state index in [4.69, 9.17) is 5.41 Å². The lowest BCUT2D eigenvalue weighted by atomic mass is 9.90. The van der Waals surface area contributed by atoms with E-state index in [9.17, 15) is 44.6 Å². The average molecular weight is 384 g/mol. The Morgan fingerprint density at radius 2 is 1.56 bits per heavy atom. The second-order valence-electron chi connectivity index (χ2n) is 5.93. The molecule has 0 aromatic heterocycles. The van der Waals surface area contributed by atoms with Gasteiger partial charge in [0.15, 0.2) is 6.17 Å². The number of halogens is 9. The predicted molar refractivity (Wildman–Crippen MR) is 67.5 cm³/mol. The molecule has 0 saturated heterocycles. The van der Waals surface area contributed by atoms with E-state index in [0.717, 1.165) is 0 Å². The molecule has 0 aromatic carbocycles. The summed E-state index contributed by atoms with van der Waals surface area (Å²) >= 11 is 0. The minimum atomic E-state index is -5.47. The first-order valence-electron chi connectivity index (χ1n) is 7.07. The molecule has 0 heterocycles. The highest BCUT2D eigenvalue weighted by Gasteiger charge is 2.61. The summed E-state index contributed by atoms with van der Waals surface area (Å²) in [5, 5.41) is 18.0. The number of allylic oxidation sites excluding steroid dienone is 1. The van der Waals surface area contributed by atoms with E-state index in [1.807, 2.05) is 5.32 Å². The van der Waals surface area contributed by atoms with E-state index < -0.39 is 78.8 Å². The van der Waals surface area contributed by atoms with Gasteiger partial charge in [0.1, 0.15) is 24.2 Å². The number of hydrogen-bond acceptors (Lipinski definition) is 3. The zero-order valence-electron chi connectivity index (χ0n) is 12.2. The summed E-state index contributed by atoms with van der Waals surface area (Å²) in [6, 6.07) is -1.48. The average Bonchev–Trinajstić information content (AvgIpc) is 2.64. The van der Waals surface area contributed by atoms with Gasteiger partial charge in [-0.15, -0.1) is 0 Å². The highest BCUT2D eigenvalue weighted by Crippen LogP contribution is 2.44. The van der Waals surface area contributed by atoms with E-state index in [1.54, 1.807) is 0 Å². The fourth-order valence-corrected chi connectivity index (χ4v) is 2.85. The molecule has 0 unspecified atom stereocenters. The molecule has 144 valence electrons. The second kappa shape index (κ2) is 6.36. The molecule has 25 heavy (non-hydrogen) atoms. The Kier molecular flexibility index (Phi) is 5.05. The van der Waals surface area contributed by atoms with Gasteiger partial charge in [0.2, 0.25) is 6.17 Å². The third-order valence-corrected chi connectivity index (χ3v) is 4.14. The smallest absolute Gasteiger partial charge is 0.382 e. The Bertz CT molecular complexity index is 564. The Morgan fingerprint density at radius 3 is 2.00 bits per heavy atom. The monoisotopic (exact) mass is 384 g/mol. The largest absolute Gasteiger partial charge is 0.433 e. The van der Waals surface area contributed by atoms with Crippen LogP contribution in [0, 0.1) is 5.41 Å². The lowest BCUT2D eigenvalue weighted by Gasteiger charge is -2.32. The van der Waals surface area contributed by atoms with Crippen molar-refractivity contribution in [1.29, 1.82) is 5.41 Å². The SMILES string of the molecule is N=C(C1=C(N[C@@H]2C[C@@H](F)[C@@H](F)[C@@H](F)C2)[C@H](F)C(F)(F)[C@H]1O)C(F)(F)F. The molecule has 1 saturated carbocycles. The predicted octanol–water partition coefficient (Wildman–Crippen LogP) is 2.94. The lowest BCUT2D eigenvalue weighted by Crippen LogP contribution is -2.47. The summed E-state index contributed by atoms with van der Waals surface area (Å²) in [5.74, 6) is -4.67. The van der Waals surface area contributed by atoms with Crippen molar-refractivity contribution in [2.24, 2.45) is 0 Å². The third kappa shape index (κ3) is 3.44. The minimum Gasteiger partial charge on any atom is -0.382 e. The molecule has 0 spiro atoms. The van der Waals surface area contributed by atoms with Gasteiger partial charge in [0.05, 0.1) is 5.70 Å². The summed E-state index contributed by atoms with van der Waals surface area (Å²) in [6.45, 7) is 0. The standard InChI is InChI=1S/C13H13F9N2O/c14-4-1-3(2-5(15)7(4)16)24-8-6(10(23)13(20,21)22)11(25)12(18,19)9(8)17/h3-5,7,9,11,23-25H,1-2H2/t3-,4-,5+,7-,9-,11-/m0/s1. The van der Waals surface area contributed by atoms with Gasteiger partial charge in [-0.3, -0.25) is 5.41 Å². The molecule has 2 aliphatic rings. The van der Waals surface area contributed by atoms with Crippen LogP contribution in [0.2, 0.25) is 0 Å². The van der Waals surface area contributed by atoms with E-state index in [-0.39, 0.29) is 0 Å². The summed E-state index contributed by atoms with van der Waals surface area (Å²) in [4.78, 5) is 0. The van der Waals surface area contributed by atoms with Gasteiger partial charge in [-0.1, -0.05) is 0 Å². The molecule has 2 aliphatic carbocycles. The van der Waals surface area contributed by atoms with Crippen molar-refractivity contribution >= 4 is 5.71 Å². The molecule has 0 radical (unpaired) electrons. The van der Waals surface area contributed by atoms with Crippen LogP contribution >= 0.6 is 0 Å². The van der Waals surface area contributed by atoms with Crippen LogP contribution in [-0.4, -0.2) is 59.7 Å². The third-order valence-electron chi connectivity index (χ3n) is 4.14. The Hall–Kier alpha value is -1.46. The van der Waals surface area contributed by atoms with Crippen molar-refractivity contribution in [3.63, 3.8) is 0 Å². The zero-order chi connectivity index (χ0) is 19.3. The number of aliphatic hydroxyl groups excluding tert-OH is 1. The zero-order valence-corrected chi connectivity index (χ0v) is 12.2. The van der Waals surface area contributed by atoms with Crippen molar-refractivity contribution in [3.8, 4) is 0 Å². The quantitative estimate of drug-likeness (QED) is 0.518. The van der Waals surface area contributed by atoms with Gasteiger partial charge in [-0.25, -0.2) is 17.6 Å². The van der Waals surface area contributed by atoms with Gasteiger partial charge < -0.3 is 10.4 Å². The first-order valence-corrected chi connectivity index (χ1v) is 7.07. The van der Waals surface area contributed by atoms with E-state index in [1.165, 1.54) is 0 Å². The molecule has 0 aromatic rings. The van der Waals surface area contributed by atoms with E-state index >= 15 is 0 Å². The highest BCUT2D eigenvalue weighted by molar-refractivity contribution is 6.04. The number of rotatable bonds is 3. The fourth-order valence-electron chi connectivity index (χ4n) is 2.85. The molecule has 3 nitrogen and oxygen atoms in total. The van der Waals surface area contributed by atoms with Crippen LogP contribution in [-0.2, 0) is 0 Å². The maximum Gasteiger partial charge on any atom is 0.433 e. The van der Waals surface area contributed by atoms with Gasteiger partial charge in [-0.2, -0.15) is 22.0 Å². The van der Waals surface area contributed by atoms with Crippen LogP contribution in [0.25, 0.3) is 0 Å². The molecule has 2 rings (SSSR count). The van der Waals surface area contributed by atoms with Crippen molar-refractivity contribution in [2.75, 3.05) is 0 Å². The highest BCUT2D eigenvalue weighted by atomic mass is 19.4. The van der Waals surface area contributed by atoms with Crippen LogP contribution < -0.4 is 5.32 Å². The van der Waals surface area contributed by atoms with Crippen molar-refractivity contribution in [1.82, 2.24) is 5.32 Å². The second-order valence-corrected chi connectivity index (χ2v) is 5.93. The Labute approximate surface area is 135 Å². The molecular weight excluding hydrogens is 371 g/mol. The van der Waals surface area contributed by atoms with Crippen molar-refractivity contribution in [2.45, 2.75) is 61.8 Å². The van der Waals surface area contributed by atoms with Gasteiger partial charge in [-0.05, 0) is 0 Å². The van der Waals surface area contributed by atoms with Gasteiger partial charge >= 0.3 is 12.1 Å². The van der Waals surface area contributed by atoms with Crippen LogP contribution in [0.5, 0.6) is 0 Å². The van der Waals surface area contributed by atoms with E-state index in [0.29, 0.717) is 0 Å². The number of aliphatic hydroxyl groups is 1. The summed E-state index contributed by atoms with van der Waals surface area (Å²) in [5.41, 5.74) is -5.62. The van der Waals surface area contributed by atoms with E-state index in [2.05, 4.69) is 0 Å². The lowest BCUT2D eigenvalue weighted by molar-refractivity contribution is -0.117. The first-order chi connectivity index (χ1) is 11.3. The maximum atomic E-state index is 13.9. The molecule has 0 aliphatic heterocycles. The van der Waals surface area contributed by atoms with Gasteiger partial charge in [0, 0.05) is 24.5 Å². The Balaban J connectivity index is 2.36. The number of nitrogens with one attached hydrogen (secondary N) is 2. The van der Waals surface area contributed by atoms with Crippen LogP contribution in [0.4, 0.5) is 39.5 Å². The normalized spacial score (nSPS) is 38.8. The van der Waals surface area contributed by atoms with Crippen molar-refractivity contribution in [3.05, 3.63) is 11.3 Å². The molecule has 0 amide bonds. The Morgan fingerprint density at radius 1 is 1.08 bits per heavy atom. The number of alkyl halides is 9. The van der Waals surface area contributed by atoms with Crippen LogP contribution in [0.15, 0.2) is 11.3 Å². The van der Waals surface area contributed by atoms with Crippen molar-refractivity contribution < 1.29 is 44.6 Å². The molecule has 1 fully saturated rings. The first kappa shape index (κ1) is 19.9. The van der Waals surface area contributed by atoms with Crippen LogP contribution in [0.1, 0.15) is 12.8 Å². The molecule has 0 bridgehead atoms. The fraction of sp³-hybridized carbons (Fsp3) is 0.769. The molecular formula is C13H13F9N2O. The van der Waals surface area contributed by atoms with Gasteiger partial charge in [0.25, 0.3) is 0 Å². The topological polar surface area (TPSA) is 56.1 Å². The summed E-state index contributed by atoms with van der Waals surface area (Å²) in [7, 11) is 0. The summed E-state index contributed by atoms with van der Waals surface area (Å²) < 4.78 is 119. The molecule has 6 atom stereocenters. The van der Waals surface area contributed by atoms with Crippen LogP contribution in [0.3, 0.4) is 0 Å². The maximum absolute atomic E-state index is 13.9.